The Balaban J connectivity index is 1.37. The van der Waals surface area contributed by atoms with E-state index in [1.807, 2.05) is 0 Å². The van der Waals surface area contributed by atoms with Crippen LogP contribution >= 0.6 is 0 Å². The second-order valence-corrected chi connectivity index (χ2v) is 6.99. The van der Waals surface area contributed by atoms with Crippen LogP contribution < -0.4 is 0 Å². The minimum absolute atomic E-state index is 0.0772. The molecule has 0 bridgehead atoms. The average molecular weight is 324 g/mol. The summed E-state index contributed by atoms with van der Waals surface area (Å²) >= 11 is 0. The third kappa shape index (κ3) is 2.14. The molecule has 2 aliphatic heterocycles. The van der Waals surface area contributed by atoms with Crippen LogP contribution in [0.5, 0.6) is 0 Å². The Hall–Kier alpha value is -1.99. The Kier molecular flexibility index (Phi) is 2.87. The van der Waals surface area contributed by atoms with Gasteiger partial charge in [0.25, 0.3) is 5.91 Å². The summed E-state index contributed by atoms with van der Waals surface area (Å²) in [6.07, 6.45) is 3.38. The van der Waals surface area contributed by atoms with Crippen molar-refractivity contribution in [2.24, 2.45) is 13.0 Å². The monoisotopic (exact) mass is 324 g/mol. The number of halogens is 2. The highest BCUT2D eigenvalue weighted by Crippen LogP contribution is 2.46. The van der Waals surface area contributed by atoms with E-state index in [9.17, 15) is 18.4 Å². The normalized spacial score (nSPS) is 24.8. The summed E-state index contributed by atoms with van der Waals surface area (Å²) in [4.78, 5) is 28.0. The van der Waals surface area contributed by atoms with Gasteiger partial charge in [0.05, 0.1) is 17.3 Å². The second-order valence-electron chi connectivity index (χ2n) is 6.99. The maximum absolute atomic E-state index is 12.9. The molecule has 4 rings (SSSR count). The zero-order chi connectivity index (χ0) is 16.4. The molecule has 8 heteroatoms. The molecule has 23 heavy (non-hydrogen) atoms. The van der Waals surface area contributed by atoms with Crippen LogP contribution in [0.4, 0.5) is 8.78 Å². The summed E-state index contributed by atoms with van der Waals surface area (Å²) in [5.74, 6) is -3.50. The standard InChI is InChI=1S/C15H18F2N4O2/c1-19-7-11(6-18-19)13(23)21-3-2-14(21)8-20(9-14)12(22)10-4-15(16,17)5-10/h6-7,10H,2-5,8-9H2,1H3. The fraction of sp³-hybridized carbons (Fsp3) is 0.667. The molecular weight excluding hydrogens is 306 g/mol. The molecule has 0 unspecified atom stereocenters. The van der Waals surface area contributed by atoms with E-state index in [1.165, 1.54) is 6.20 Å². The minimum Gasteiger partial charge on any atom is -0.338 e. The van der Waals surface area contributed by atoms with Gasteiger partial charge in [0, 0.05) is 51.6 Å². The lowest BCUT2D eigenvalue weighted by atomic mass is 9.74. The van der Waals surface area contributed by atoms with Crippen LogP contribution in [0.15, 0.2) is 12.4 Å². The predicted molar refractivity (Wildman–Crippen MR) is 75.8 cm³/mol. The number of amides is 2. The molecule has 1 aromatic rings. The first-order valence-electron chi connectivity index (χ1n) is 7.77. The quantitative estimate of drug-likeness (QED) is 0.812. The van der Waals surface area contributed by atoms with Gasteiger partial charge in [-0.1, -0.05) is 0 Å². The molecule has 1 saturated carbocycles. The number of alkyl halides is 2. The molecule has 2 amide bonds. The molecule has 0 atom stereocenters. The maximum Gasteiger partial charge on any atom is 0.257 e. The second kappa shape index (κ2) is 4.52. The number of hydrogen-bond donors (Lipinski definition) is 0. The largest absolute Gasteiger partial charge is 0.338 e. The summed E-state index contributed by atoms with van der Waals surface area (Å²) in [7, 11) is 1.75. The highest BCUT2D eigenvalue weighted by atomic mass is 19.3. The molecule has 1 spiro atoms. The van der Waals surface area contributed by atoms with Gasteiger partial charge in [-0.2, -0.15) is 5.10 Å². The SMILES string of the molecule is Cn1cc(C(=O)N2CCC23CN(C(=O)C2CC(F)(F)C2)C3)cn1. The van der Waals surface area contributed by atoms with Crippen molar-refractivity contribution in [3.05, 3.63) is 18.0 Å². The predicted octanol–water partition coefficient (Wildman–Crippen LogP) is 0.892. The molecule has 3 heterocycles. The first-order valence-corrected chi connectivity index (χ1v) is 7.77. The van der Waals surface area contributed by atoms with Crippen molar-refractivity contribution in [2.45, 2.75) is 30.7 Å². The van der Waals surface area contributed by atoms with Crippen molar-refractivity contribution in [1.29, 1.82) is 0 Å². The van der Waals surface area contributed by atoms with Crippen molar-refractivity contribution in [1.82, 2.24) is 19.6 Å². The molecule has 0 radical (unpaired) electrons. The Morgan fingerprint density at radius 1 is 1.30 bits per heavy atom. The number of aryl methyl sites for hydroxylation is 1. The molecule has 0 aromatic carbocycles. The Morgan fingerprint density at radius 3 is 2.48 bits per heavy atom. The van der Waals surface area contributed by atoms with Crippen LogP contribution in [-0.4, -0.2) is 62.5 Å². The first-order chi connectivity index (χ1) is 10.8. The number of aromatic nitrogens is 2. The van der Waals surface area contributed by atoms with Gasteiger partial charge in [0.1, 0.15) is 0 Å². The lowest BCUT2D eigenvalue weighted by molar-refractivity contribution is -0.177. The molecule has 1 aliphatic carbocycles. The van der Waals surface area contributed by atoms with Gasteiger partial charge in [0.15, 0.2) is 0 Å². The molecule has 124 valence electrons. The van der Waals surface area contributed by atoms with E-state index in [4.69, 9.17) is 0 Å². The Morgan fingerprint density at radius 2 is 2.00 bits per heavy atom. The summed E-state index contributed by atoms with van der Waals surface area (Å²) in [5, 5.41) is 4.00. The van der Waals surface area contributed by atoms with Gasteiger partial charge in [-0.25, -0.2) is 8.78 Å². The number of carbonyl (C=O) groups excluding carboxylic acids is 2. The molecule has 1 aromatic heterocycles. The summed E-state index contributed by atoms with van der Waals surface area (Å²) < 4.78 is 27.4. The fourth-order valence-corrected chi connectivity index (χ4v) is 3.79. The van der Waals surface area contributed by atoms with Gasteiger partial charge in [-0.05, 0) is 6.42 Å². The van der Waals surface area contributed by atoms with E-state index < -0.39 is 11.8 Å². The van der Waals surface area contributed by atoms with E-state index in [2.05, 4.69) is 5.10 Å². The fourth-order valence-electron chi connectivity index (χ4n) is 3.79. The first kappa shape index (κ1) is 14.6. The molecule has 6 nitrogen and oxygen atoms in total. The van der Waals surface area contributed by atoms with E-state index in [0.717, 1.165) is 6.42 Å². The third-order valence-corrected chi connectivity index (χ3v) is 5.29. The number of carbonyl (C=O) groups is 2. The van der Waals surface area contributed by atoms with Crippen LogP contribution in [0.3, 0.4) is 0 Å². The molecule has 2 saturated heterocycles. The van der Waals surface area contributed by atoms with Gasteiger partial charge in [-0.15, -0.1) is 0 Å². The zero-order valence-corrected chi connectivity index (χ0v) is 12.8. The van der Waals surface area contributed by atoms with Gasteiger partial charge in [0.2, 0.25) is 11.8 Å². The van der Waals surface area contributed by atoms with Crippen molar-refractivity contribution < 1.29 is 18.4 Å². The third-order valence-electron chi connectivity index (χ3n) is 5.29. The van der Waals surface area contributed by atoms with Crippen LogP contribution in [0.1, 0.15) is 29.6 Å². The highest BCUT2D eigenvalue weighted by Gasteiger charge is 2.59. The number of nitrogens with zero attached hydrogens (tertiary/aromatic N) is 4. The maximum atomic E-state index is 12.9. The summed E-state index contributed by atoms with van der Waals surface area (Å²) in [5.41, 5.74) is 0.240. The number of hydrogen-bond acceptors (Lipinski definition) is 3. The Bertz CT molecular complexity index is 673. The lowest BCUT2D eigenvalue weighted by Gasteiger charge is -2.63. The molecule has 0 N–H and O–H groups in total. The van der Waals surface area contributed by atoms with E-state index >= 15 is 0 Å². The minimum atomic E-state index is -2.68. The molecular formula is C15H18F2N4O2. The van der Waals surface area contributed by atoms with Crippen molar-refractivity contribution in [3.63, 3.8) is 0 Å². The Labute approximate surface area is 132 Å². The van der Waals surface area contributed by atoms with Crippen molar-refractivity contribution in [2.75, 3.05) is 19.6 Å². The molecule has 3 fully saturated rings. The zero-order valence-electron chi connectivity index (χ0n) is 12.8. The van der Waals surface area contributed by atoms with Crippen molar-refractivity contribution in [3.8, 4) is 0 Å². The van der Waals surface area contributed by atoms with Crippen LogP contribution in [0.25, 0.3) is 0 Å². The smallest absolute Gasteiger partial charge is 0.257 e. The van der Waals surface area contributed by atoms with Crippen LogP contribution in [-0.2, 0) is 11.8 Å². The van der Waals surface area contributed by atoms with Crippen LogP contribution in [0.2, 0.25) is 0 Å². The number of rotatable bonds is 2. The summed E-state index contributed by atoms with van der Waals surface area (Å²) in [6, 6.07) is 0. The van der Waals surface area contributed by atoms with Crippen LogP contribution in [0, 0.1) is 5.92 Å². The van der Waals surface area contributed by atoms with E-state index in [-0.39, 0.29) is 30.2 Å². The lowest BCUT2D eigenvalue weighted by Crippen LogP contribution is -2.79. The average Bonchev–Trinajstić information content (AvgIpc) is 2.79. The van der Waals surface area contributed by atoms with Gasteiger partial charge in [-0.3, -0.25) is 14.3 Å². The highest BCUT2D eigenvalue weighted by molar-refractivity contribution is 5.95. The van der Waals surface area contributed by atoms with Gasteiger partial charge >= 0.3 is 0 Å². The van der Waals surface area contributed by atoms with Crippen molar-refractivity contribution >= 4 is 11.8 Å². The topological polar surface area (TPSA) is 58.4 Å². The van der Waals surface area contributed by atoms with E-state index in [1.54, 1.807) is 27.7 Å². The molecule has 3 aliphatic rings. The van der Waals surface area contributed by atoms with E-state index in [0.29, 0.717) is 25.2 Å². The summed E-state index contributed by atoms with van der Waals surface area (Å²) in [6.45, 7) is 1.58. The number of likely N-dealkylation sites (tertiary alicyclic amines) is 2. The van der Waals surface area contributed by atoms with Gasteiger partial charge < -0.3 is 9.80 Å².